The predicted molar refractivity (Wildman–Crippen MR) is 73.8 cm³/mol. The Kier molecular flexibility index (Phi) is 4.51. The van der Waals surface area contributed by atoms with E-state index in [2.05, 4.69) is 30.8 Å². The first kappa shape index (κ1) is 15.1. The predicted octanol–water partition coefficient (Wildman–Crippen LogP) is 1.68. The van der Waals surface area contributed by atoms with Gasteiger partial charge in [0.05, 0.1) is 6.54 Å². The third kappa shape index (κ3) is 3.22. The standard InChI is InChI=1S/C11H12BrFN4O2S/c1-2-17-7-14-16-11(17)6-15-20(18,19)10-4-3-8(12)5-9(10)13/h3-5,7,15H,2,6H2,1H3. The van der Waals surface area contributed by atoms with Gasteiger partial charge in [-0.25, -0.2) is 17.5 Å². The molecule has 1 N–H and O–H groups in total. The van der Waals surface area contributed by atoms with Gasteiger partial charge in [-0.15, -0.1) is 10.2 Å². The molecule has 0 aliphatic heterocycles. The van der Waals surface area contributed by atoms with Crippen molar-refractivity contribution in [2.75, 3.05) is 0 Å². The van der Waals surface area contributed by atoms with E-state index < -0.39 is 20.7 Å². The first-order chi connectivity index (χ1) is 9.44. The molecular formula is C11H12BrFN4O2S. The van der Waals surface area contributed by atoms with E-state index >= 15 is 0 Å². The summed E-state index contributed by atoms with van der Waals surface area (Å²) >= 11 is 3.08. The van der Waals surface area contributed by atoms with Gasteiger partial charge in [-0.1, -0.05) is 15.9 Å². The zero-order chi connectivity index (χ0) is 14.8. The Morgan fingerprint density at radius 2 is 2.20 bits per heavy atom. The van der Waals surface area contributed by atoms with Crippen LogP contribution in [0, 0.1) is 5.82 Å². The lowest BCUT2D eigenvalue weighted by Crippen LogP contribution is -2.25. The van der Waals surface area contributed by atoms with Crippen molar-refractivity contribution in [2.45, 2.75) is 24.9 Å². The van der Waals surface area contributed by atoms with Gasteiger partial charge in [0.1, 0.15) is 22.9 Å². The maximum Gasteiger partial charge on any atom is 0.243 e. The van der Waals surface area contributed by atoms with Crippen LogP contribution in [0.1, 0.15) is 12.7 Å². The fourth-order valence-corrected chi connectivity index (χ4v) is 2.98. The van der Waals surface area contributed by atoms with Gasteiger partial charge in [0.15, 0.2) is 0 Å². The lowest BCUT2D eigenvalue weighted by atomic mass is 10.3. The van der Waals surface area contributed by atoms with Crippen molar-refractivity contribution in [3.05, 3.63) is 40.6 Å². The van der Waals surface area contributed by atoms with Gasteiger partial charge in [-0.05, 0) is 25.1 Å². The number of hydrogen-bond donors (Lipinski definition) is 1. The molecule has 1 aromatic carbocycles. The number of aromatic nitrogens is 3. The Morgan fingerprint density at radius 1 is 1.45 bits per heavy atom. The first-order valence-corrected chi connectivity index (χ1v) is 8.03. The number of aryl methyl sites for hydroxylation is 1. The van der Waals surface area contributed by atoms with Crippen LogP contribution in [0.2, 0.25) is 0 Å². The monoisotopic (exact) mass is 362 g/mol. The van der Waals surface area contributed by atoms with Crippen LogP contribution in [0.5, 0.6) is 0 Å². The van der Waals surface area contributed by atoms with Gasteiger partial charge in [0.2, 0.25) is 10.0 Å². The molecule has 1 aromatic heterocycles. The summed E-state index contributed by atoms with van der Waals surface area (Å²) in [7, 11) is -3.94. The van der Waals surface area contributed by atoms with Crippen molar-refractivity contribution >= 4 is 26.0 Å². The smallest absolute Gasteiger partial charge is 0.243 e. The van der Waals surface area contributed by atoms with Gasteiger partial charge in [0.25, 0.3) is 0 Å². The van der Waals surface area contributed by atoms with Crippen LogP contribution in [0.25, 0.3) is 0 Å². The average Bonchev–Trinajstić information content (AvgIpc) is 2.83. The van der Waals surface area contributed by atoms with Crippen LogP contribution in [0.15, 0.2) is 33.9 Å². The molecule has 0 aliphatic carbocycles. The van der Waals surface area contributed by atoms with Gasteiger partial charge in [-0.3, -0.25) is 0 Å². The SMILES string of the molecule is CCn1cnnc1CNS(=O)(=O)c1ccc(Br)cc1F. The summed E-state index contributed by atoms with van der Waals surface area (Å²) in [5.74, 6) is -0.350. The molecule has 0 spiro atoms. The zero-order valence-corrected chi connectivity index (χ0v) is 12.9. The van der Waals surface area contributed by atoms with Crippen LogP contribution in [-0.4, -0.2) is 23.2 Å². The molecule has 0 unspecified atom stereocenters. The van der Waals surface area contributed by atoms with Crippen LogP contribution in [-0.2, 0) is 23.1 Å². The van der Waals surface area contributed by atoms with E-state index in [-0.39, 0.29) is 6.54 Å². The highest BCUT2D eigenvalue weighted by atomic mass is 79.9. The molecule has 1 heterocycles. The quantitative estimate of drug-likeness (QED) is 0.877. The number of hydrogen-bond acceptors (Lipinski definition) is 4. The summed E-state index contributed by atoms with van der Waals surface area (Å²) in [5.41, 5.74) is 0. The third-order valence-electron chi connectivity index (χ3n) is 2.64. The Morgan fingerprint density at radius 3 is 2.85 bits per heavy atom. The molecule has 2 aromatic rings. The molecule has 2 rings (SSSR count). The molecule has 0 atom stereocenters. The van der Waals surface area contributed by atoms with Gasteiger partial charge >= 0.3 is 0 Å². The average molecular weight is 363 g/mol. The molecule has 6 nitrogen and oxygen atoms in total. The Hall–Kier alpha value is -1.32. The maximum absolute atomic E-state index is 13.7. The highest BCUT2D eigenvalue weighted by Gasteiger charge is 2.19. The highest BCUT2D eigenvalue weighted by molar-refractivity contribution is 9.10. The summed E-state index contributed by atoms with van der Waals surface area (Å²) in [6.45, 7) is 2.46. The van der Waals surface area contributed by atoms with E-state index in [0.29, 0.717) is 16.8 Å². The molecule has 0 fully saturated rings. The van der Waals surface area contributed by atoms with E-state index in [1.54, 1.807) is 4.57 Å². The summed E-state index contributed by atoms with van der Waals surface area (Å²) in [6.07, 6.45) is 1.50. The summed E-state index contributed by atoms with van der Waals surface area (Å²) in [6, 6.07) is 3.77. The summed E-state index contributed by atoms with van der Waals surface area (Å²) < 4.78 is 42.2. The number of benzene rings is 1. The summed E-state index contributed by atoms with van der Waals surface area (Å²) in [4.78, 5) is -0.400. The number of rotatable bonds is 5. The van der Waals surface area contributed by atoms with Gasteiger partial charge < -0.3 is 4.57 Å². The van der Waals surface area contributed by atoms with Crippen molar-refractivity contribution in [3.8, 4) is 0 Å². The molecule has 0 saturated carbocycles. The molecule has 0 bridgehead atoms. The zero-order valence-electron chi connectivity index (χ0n) is 10.5. The van der Waals surface area contributed by atoms with Crippen LogP contribution < -0.4 is 4.72 Å². The molecule has 0 amide bonds. The highest BCUT2D eigenvalue weighted by Crippen LogP contribution is 2.19. The minimum Gasteiger partial charge on any atom is -0.317 e. The molecule has 20 heavy (non-hydrogen) atoms. The van der Waals surface area contributed by atoms with E-state index in [1.165, 1.54) is 18.5 Å². The Labute approximate surface area is 124 Å². The molecular weight excluding hydrogens is 351 g/mol. The number of nitrogens with one attached hydrogen (secondary N) is 1. The number of nitrogens with zero attached hydrogens (tertiary/aromatic N) is 3. The van der Waals surface area contributed by atoms with Crippen molar-refractivity contribution in [1.82, 2.24) is 19.5 Å². The second-order valence-corrected chi connectivity index (χ2v) is 6.58. The minimum absolute atomic E-state index is 0.0499. The second kappa shape index (κ2) is 5.98. The van der Waals surface area contributed by atoms with E-state index in [4.69, 9.17) is 0 Å². The fourth-order valence-electron chi connectivity index (χ4n) is 1.61. The van der Waals surface area contributed by atoms with Crippen molar-refractivity contribution in [1.29, 1.82) is 0 Å². The van der Waals surface area contributed by atoms with E-state index in [0.717, 1.165) is 6.07 Å². The van der Waals surface area contributed by atoms with Gasteiger partial charge in [0, 0.05) is 11.0 Å². The maximum atomic E-state index is 13.7. The Balaban J connectivity index is 2.19. The normalized spacial score (nSPS) is 11.8. The number of sulfonamides is 1. The van der Waals surface area contributed by atoms with Crippen LogP contribution in [0.4, 0.5) is 4.39 Å². The van der Waals surface area contributed by atoms with Gasteiger partial charge in [-0.2, -0.15) is 0 Å². The van der Waals surface area contributed by atoms with Crippen molar-refractivity contribution in [3.63, 3.8) is 0 Å². The van der Waals surface area contributed by atoms with Crippen LogP contribution in [0.3, 0.4) is 0 Å². The molecule has 0 radical (unpaired) electrons. The van der Waals surface area contributed by atoms with Crippen LogP contribution >= 0.6 is 15.9 Å². The lowest BCUT2D eigenvalue weighted by molar-refractivity contribution is 0.552. The Bertz CT molecular complexity index is 717. The molecule has 9 heteroatoms. The van der Waals surface area contributed by atoms with E-state index in [1.807, 2.05) is 6.92 Å². The van der Waals surface area contributed by atoms with E-state index in [9.17, 15) is 12.8 Å². The summed E-state index contributed by atoms with van der Waals surface area (Å²) in [5, 5.41) is 7.50. The first-order valence-electron chi connectivity index (χ1n) is 5.75. The van der Waals surface area contributed by atoms with Crippen molar-refractivity contribution < 1.29 is 12.8 Å². The molecule has 108 valence electrons. The lowest BCUT2D eigenvalue weighted by Gasteiger charge is -2.08. The fraction of sp³-hybridized carbons (Fsp3) is 0.273. The topological polar surface area (TPSA) is 76.9 Å². The largest absolute Gasteiger partial charge is 0.317 e. The minimum atomic E-state index is -3.94. The third-order valence-corrected chi connectivity index (χ3v) is 4.57. The second-order valence-electron chi connectivity index (χ2n) is 3.93. The molecule has 0 saturated heterocycles. The van der Waals surface area contributed by atoms with Crippen molar-refractivity contribution in [2.24, 2.45) is 0 Å². The number of halogens is 2. The molecule has 0 aliphatic rings.